The first kappa shape index (κ1) is 22.0. The fourth-order valence-corrected chi connectivity index (χ4v) is 3.68. The molecule has 0 amide bonds. The van der Waals surface area contributed by atoms with Crippen LogP contribution in [0.4, 0.5) is 5.69 Å². The van der Waals surface area contributed by atoms with Crippen LogP contribution in [0, 0.1) is 0 Å². The zero-order valence-corrected chi connectivity index (χ0v) is 18.4. The van der Waals surface area contributed by atoms with Crippen LogP contribution < -0.4 is 20.3 Å². The van der Waals surface area contributed by atoms with Gasteiger partial charge in [0.05, 0.1) is 20.3 Å². The molecule has 1 fully saturated rings. The molecule has 3 rings (SSSR count). The zero-order chi connectivity index (χ0) is 21.2. The van der Waals surface area contributed by atoms with E-state index >= 15 is 0 Å². The Bertz CT molecular complexity index is 801. The first-order valence-corrected chi connectivity index (χ1v) is 10.7. The van der Waals surface area contributed by atoms with Crippen molar-refractivity contribution in [2.24, 2.45) is 4.99 Å². The monoisotopic (exact) mass is 410 g/mol. The number of nitrogens with zero attached hydrogens (tertiary/aromatic N) is 2. The van der Waals surface area contributed by atoms with E-state index in [2.05, 4.69) is 63.8 Å². The van der Waals surface area contributed by atoms with Gasteiger partial charge in [-0.15, -0.1) is 0 Å². The number of ether oxygens (including phenoxy) is 2. The summed E-state index contributed by atoms with van der Waals surface area (Å²) in [5.74, 6) is 2.18. The third-order valence-corrected chi connectivity index (χ3v) is 5.57. The molecule has 0 spiro atoms. The van der Waals surface area contributed by atoms with Crippen molar-refractivity contribution >= 4 is 11.6 Å². The van der Waals surface area contributed by atoms with Crippen LogP contribution in [0.15, 0.2) is 53.5 Å². The Labute approximate surface area is 180 Å². The average molecular weight is 411 g/mol. The molecule has 0 radical (unpaired) electrons. The molecule has 30 heavy (non-hydrogen) atoms. The van der Waals surface area contributed by atoms with Crippen molar-refractivity contribution in [3.63, 3.8) is 0 Å². The fraction of sp³-hybridized carbons (Fsp3) is 0.458. The van der Waals surface area contributed by atoms with E-state index in [9.17, 15) is 0 Å². The zero-order valence-electron chi connectivity index (χ0n) is 18.4. The van der Waals surface area contributed by atoms with Crippen LogP contribution in [0.2, 0.25) is 0 Å². The number of nitrogens with one attached hydrogen (secondary N) is 2. The molecule has 1 aliphatic heterocycles. The van der Waals surface area contributed by atoms with Gasteiger partial charge < -0.3 is 25.0 Å². The summed E-state index contributed by atoms with van der Waals surface area (Å²) >= 11 is 0. The van der Waals surface area contributed by atoms with Crippen molar-refractivity contribution in [1.29, 1.82) is 0 Å². The Balaban J connectivity index is 1.48. The lowest BCUT2D eigenvalue weighted by Crippen LogP contribution is -2.39. The van der Waals surface area contributed by atoms with E-state index in [1.165, 1.54) is 16.8 Å². The maximum atomic E-state index is 5.49. The van der Waals surface area contributed by atoms with Gasteiger partial charge in [-0.2, -0.15) is 0 Å². The van der Waals surface area contributed by atoms with Crippen LogP contribution in [0.25, 0.3) is 0 Å². The molecule has 0 bridgehead atoms. The molecular weight excluding hydrogens is 376 g/mol. The number of benzene rings is 2. The summed E-state index contributed by atoms with van der Waals surface area (Å²) in [6.07, 6.45) is 1.03. The van der Waals surface area contributed by atoms with Gasteiger partial charge in [0, 0.05) is 38.9 Å². The number of hydrogen-bond acceptors (Lipinski definition) is 4. The van der Waals surface area contributed by atoms with Crippen LogP contribution in [-0.4, -0.2) is 53.0 Å². The maximum Gasteiger partial charge on any atom is 0.191 e. The van der Waals surface area contributed by atoms with Crippen molar-refractivity contribution < 1.29 is 9.47 Å². The van der Waals surface area contributed by atoms with Crippen LogP contribution in [-0.2, 0) is 11.3 Å². The average Bonchev–Trinajstić information content (AvgIpc) is 2.82. The molecule has 1 aliphatic rings. The molecule has 1 heterocycles. The number of anilines is 1. The molecule has 6 nitrogen and oxygen atoms in total. The van der Waals surface area contributed by atoms with E-state index < -0.39 is 0 Å². The van der Waals surface area contributed by atoms with E-state index in [1.54, 1.807) is 7.11 Å². The summed E-state index contributed by atoms with van der Waals surface area (Å²) in [5, 5.41) is 6.90. The number of methoxy groups -OCH3 is 1. The van der Waals surface area contributed by atoms with Gasteiger partial charge in [-0.25, -0.2) is 0 Å². The van der Waals surface area contributed by atoms with E-state index in [-0.39, 0.29) is 0 Å². The molecule has 2 N–H and O–H groups in total. The largest absolute Gasteiger partial charge is 0.497 e. The summed E-state index contributed by atoms with van der Waals surface area (Å²) < 4.78 is 10.7. The van der Waals surface area contributed by atoms with E-state index in [0.717, 1.165) is 57.5 Å². The third kappa shape index (κ3) is 6.13. The fourth-order valence-electron chi connectivity index (χ4n) is 3.68. The quantitative estimate of drug-likeness (QED) is 0.516. The van der Waals surface area contributed by atoms with Crippen molar-refractivity contribution in [3.8, 4) is 5.75 Å². The van der Waals surface area contributed by atoms with Crippen molar-refractivity contribution in [3.05, 3.63) is 59.7 Å². The van der Waals surface area contributed by atoms with Crippen molar-refractivity contribution in [2.75, 3.05) is 51.9 Å². The first-order valence-electron chi connectivity index (χ1n) is 10.7. The van der Waals surface area contributed by atoms with Gasteiger partial charge >= 0.3 is 0 Å². The minimum atomic E-state index is 0.462. The highest BCUT2D eigenvalue weighted by Crippen LogP contribution is 2.22. The number of morpholine rings is 1. The number of rotatable bonds is 8. The summed E-state index contributed by atoms with van der Waals surface area (Å²) in [6, 6.07) is 16.9. The predicted octanol–water partition coefficient (Wildman–Crippen LogP) is 3.39. The Morgan fingerprint density at radius 1 is 1.10 bits per heavy atom. The Morgan fingerprint density at radius 2 is 1.83 bits per heavy atom. The van der Waals surface area contributed by atoms with Crippen LogP contribution in [0.5, 0.6) is 5.75 Å². The lowest BCUT2D eigenvalue weighted by atomic mass is 9.98. The molecule has 0 aliphatic carbocycles. The van der Waals surface area contributed by atoms with Crippen molar-refractivity contribution in [2.45, 2.75) is 25.8 Å². The highest BCUT2D eigenvalue weighted by molar-refractivity contribution is 5.79. The maximum absolute atomic E-state index is 5.49. The molecule has 0 aromatic heterocycles. The van der Waals surface area contributed by atoms with Gasteiger partial charge in [0.25, 0.3) is 0 Å². The minimum absolute atomic E-state index is 0.462. The normalized spacial score (nSPS) is 15.6. The summed E-state index contributed by atoms with van der Waals surface area (Å²) in [5.41, 5.74) is 3.87. The lowest BCUT2D eigenvalue weighted by molar-refractivity contribution is 0.122. The van der Waals surface area contributed by atoms with E-state index in [1.807, 2.05) is 19.2 Å². The molecule has 2 aromatic carbocycles. The predicted molar refractivity (Wildman–Crippen MR) is 124 cm³/mol. The number of hydrogen-bond donors (Lipinski definition) is 2. The second-order valence-electron chi connectivity index (χ2n) is 7.54. The topological polar surface area (TPSA) is 58.1 Å². The Hall–Kier alpha value is -2.73. The highest BCUT2D eigenvalue weighted by Gasteiger charge is 2.14. The van der Waals surface area contributed by atoms with Crippen LogP contribution in [0.3, 0.4) is 0 Å². The van der Waals surface area contributed by atoms with Gasteiger partial charge in [-0.1, -0.05) is 37.3 Å². The number of para-hydroxylation sites is 1. The van der Waals surface area contributed by atoms with Crippen molar-refractivity contribution in [1.82, 2.24) is 10.6 Å². The van der Waals surface area contributed by atoms with E-state index in [0.29, 0.717) is 5.92 Å². The third-order valence-electron chi connectivity index (χ3n) is 5.57. The van der Waals surface area contributed by atoms with E-state index in [4.69, 9.17) is 9.47 Å². The Kier molecular flexibility index (Phi) is 8.39. The molecule has 1 saturated heterocycles. The molecule has 6 heteroatoms. The number of guanidine groups is 1. The van der Waals surface area contributed by atoms with Gasteiger partial charge in [-0.3, -0.25) is 4.99 Å². The highest BCUT2D eigenvalue weighted by atomic mass is 16.5. The standard InChI is InChI=1S/C24H34N4O2/c1-19(20-8-10-22(29-3)11-9-20)12-13-26-24(25-2)27-18-21-6-4-5-7-23(21)28-14-16-30-17-15-28/h4-11,19H,12-18H2,1-3H3,(H2,25,26,27). The van der Waals surface area contributed by atoms with Gasteiger partial charge in [0.1, 0.15) is 5.75 Å². The SMILES string of the molecule is CN=C(NCCC(C)c1ccc(OC)cc1)NCc1ccccc1N1CCOCC1. The Morgan fingerprint density at radius 3 is 2.53 bits per heavy atom. The van der Waals surface area contributed by atoms with Gasteiger partial charge in [0.2, 0.25) is 0 Å². The summed E-state index contributed by atoms with van der Waals surface area (Å²) in [6.45, 7) is 7.30. The number of aliphatic imine (C=N–C) groups is 1. The molecule has 1 unspecified atom stereocenters. The molecule has 2 aromatic rings. The molecule has 1 atom stereocenters. The second kappa shape index (κ2) is 11.5. The minimum Gasteiger partial charge on any atom is -0.497 e. The second-order valence-corrected chi connectivity index (χ2v) is 7.54. The summed E-state index contributed by atoms with van der Waals surface area (Å²) in [7, 11) is 3.51. The van der Waals surface area contributed by atoms with Gasteiger partial charge in [-0.05, 0) is 41.7 Å². The lowest BCUT2D eigenvalue weighted by Gasteiger charge is -2.30. The smallest absolute Gasteiger partial charge is 0.191 e. The molecule has 162 valence electrons. The molecule has 0 saturated carbocycles. The first-order chi connectivity index (χ1) is 14.7. The van der Waals surface area contributed by atoms with Gasteiger partial charge in [0.15, 0.2) is 5.96 Å². The molecular formula is C24H34N4O2. The van der Waals surface area contributed by atoms with Crippen LogP contribution in [0.1, 0.15) is 30.4 Å². The summed E-state index contributed by atoms with van der Waals surface area (Å²) in [4.78, 5) is 6.78. The van der Waals surface area contributed by atoms with Crippen LogP contribution >= 0.6 is 0 Å².